The van der Waals surface area contributed by atoms with E-state index in [1.807, 2.05) is 18.2 Å². The average Bonchev–Trinajstić information content (AvgIpc) is 3.53. The van der Waals surface area contributed by atoms with E-state index in [1.165, 1.54) is 29.2 Å². The number of nitrogens with zero attached hydrogens (tertiary/aromatic N) is 3. The third-order valence-corrected chi connectivity index (χ3v) is 10.3. The molecule has 1 unspecified atom stereocenters. The Bertz CT molecular complexity index is 1670. The first-order valence-electron chi connectivity index (χ1n) is 14.8. The predicted octanol–water partition coefficient (Wildman–Crippen LogP) is 3.67. The standard InChI is InChI=1S/C33H35FN4O5S/c1-44(42,43)26-13-11-23(12-14-26)19-38-31(40)33(35-32(38)41)15-17-36(18-16-33)20-25-21-37(22-28(25)24-7-3-2-4-8-24)30(39)27-9-5-6-10-29(27)34/h2-14,25,28H,15-22H2,1H3,(H,35,41)/t25-,28?/m0/s1. The van der Waals surface area contributed by atoms with Crippen LogP contribution in [0.5, 0.6) is 0 Å². The molecule has 0 radical (unpaired) electrons. The summed E-state index contributed by atoms with van der Waals surface area (Å²) in [4.78, 5) is 45.2. The van der Waals surface area contributed by atoms with Crippen molar-refractivity contribution in [3.05, 3.63) is 101 Å². The number of carbonyl (C=O) groups is 3. The maximum Gasteiger partial charge on any atom is 0.325 e. The van der Waals surface area contributed by atoms with E-state index in [-0.39, 0.29) is 40.7 Å². The molecule has 3 heterocycles. The van der Waals surface area contributed by atoms with Crippen molar-refractivity contribution in [2.75, 3.05) is 39.0 Å². The summed E-state index contributed by atoms with van der Waals surface area (Å²) >= 11 is 0. The molecule has 0 bridgehead atoms. The van der Waals surface area contributed by atoms with Crippen molar-refractivity contribution in [1.29, 1.82) is 0 Å². The molecule has 2 atom stereocenters. The normalized spacial score (nSPS) is 22.0. The Hall–Kier alpha value is -4.09. The molecule has 3 aromatic carbocycles. The lowest BCUT2D eigenvalue weighted by Gasteiger charge is -2.38. The minimum atomic E-state index is -3.34. The molecule has 0 aromatic heterocycles. The molecule has 3 saturated heterocycles. The number of hydrogen-bond acceptors (Lipinski definition) is 6. The van der Waals surface area contributed by atoms with E-state index in [0.717, 1.165) is 11.8 Å². The zero-order valence-electron chi connectivity index (χ0n) is 24.5. The van der Waals surface area contributed by atoms with Gasteiger partial charge in [0.25, 0.3) is 11.8 Å². The van der Waals surface area contributed by atoms with Gasteiger partial charge < -0.3 is 15.1 Å². The van der Waals surface area contributed by atoms with E-state index in [9.17, 15) is 27.2 Å². The van der Waals surface area contributed by atoms with E-state index in [0.29, 0.717) is 51.1 Å². The first-order chi connectivity index (χ1) is 21.0. The number of sulfone groups is 1. The number of amides is 4. The van der Waals surface area contributed by atoms with Gasteiger partial charge in [-0.1, -0.05) is 54.6 Å². The summed E-state index contributed by atoms with van der Waals surface area (Å²) in [5.41, 5.74) is 0.902. The number of imide groups is 1. The highest BCUT2D eigenvalue weighted by Gasteiger charge is 2.52. The SMILES string of the molecule is CS(=O)(=O)c1ccc(CN2C(=O)NC3(CCN(C[C@H]4CN(C(=O)c5ccccc5F)CC4c4ccccc4)CC3)C2=O)cc1. The van der Waals surface area contributed by atoms with Crippen LogP contribution in [0.25, 0.3) is 0 Å². The van der Waals surface area contributed by atoms with E-state index in [4.69, 9.17) is 0 Å². The van der Waals surface area contributed by atoms with Gasteiger partial charge in [0, 0.05) is 44.9 Å². The fraction of sp³-hybridized carbons (Fsp3) is 0.364. The molecule has 3 fully saturated rings. The lowest BCUT2D eigenvalue weighted by atomic mass is 9.85. The van der Waals surface area contributed by atoms with Crippen LogP contribution in [-0.4, -0.2) is 85.5 Å². The third kappa shape index (κ3) is 5.86. The number of likely N-dealkylation sites (tertiary alicyclic amines) is 2. The van der Waals surface area contributed by atoms with Gasteiger partial charge in [0.15, 0.2) is 9.84 Å². The van der Waals surface area contributed by atoms with Crippen molar-refractivity contribution in [3.8, 4) is 0 Å². The molecule has 1 N–H and O–H groups in total. The topological polar surface area (TPSA) is 107 Å². The van der Waals surface area contributed by atoms with Gasteiger partial charge >= 0.3 is 6.03 Å². The molecule has 44 heavy (non-hydrogen) atoms. The number of carbonyl (C=O) groups excluding carboxylic acids is 3. The monoisotopic (exact) mass is 618 g/mol. The first-order valence-corrected chi connectivity index (χ1v) is 16.7. The van der Waals surface area contributed by atoms with E-state index in [2.05, 4.69) is 22.3 Å². The van der Waals surface area contributed by atoms with E-state index < -0.39 is 27.2 Å². The average molecular weight is 619 g/mol. The molecule has 11 heteroatoms. The zero-order valence-corrected chi connectivity index (χ0v) is 25.3. The second-order valence-electron chi connectivity index (χ2n) is 12.1. The van der Waals surface area contributed by atoms with Crippen molar-refractivity contribution in [2.24, 2.45) is 5.92 Å². The lowest BCUT2D eigenvalue weighted by Crippen LogP contribution is -2.55. The number of hydrogen-bond donors (Lipinski definition) is 1. The van der Waals surface area contributed by atoms with Gasteiger partial charge in [-0.3, -0.25) is 14.5 Å². The van der Waals surface area contributed by atoms with Gasteiger partial charge in [-0.05, 0) is 54.2 Å². The smallest absolute Gasteiger partial charge is 0.325 e. The Labute approximate surface area is 256 Å². The number of piperidine rings is 1. The van der Waals surface area contributed by atoms with Crippen LogP contribution in [0.3, 0.4) is 0 Å². The van der Waals surface area contributed by atoms with Gasteiger partial charge in [-0.2, -0.15) is 0 Å². The number of benzene rings is 3. The Kier molecular flexibility index (Phi) is 8.02. The van der Waals surface area contributed by atoms with Crippen molar-refractivity contribution in [3.63, 3.8) is 0 Å². The summed E-state index contributed by atoms with van der Waals surface area (Å²) in [5, 5.41) is 2.95. The van der Waals surface area contributed by atoms with E-state index in [1.54, 1.807) is 29.2 Å². The Balaban J connectivity index is 1.11. The molecule has 0 aliphatic carbocycles. The molecule has 3 aromatic rings. The maximum absolute atomic E-state index is 14.5. The van der Waals surface area contributed by atoms with Crippen LogP contribution in [0.15, 0.2) is 83.8 Å². The van der Waals surface area contributed by atoms with Crippen molar-refractivity contribution in [1.82, 2.24) is 20.0 Å². The van der Waals surface area contributed by atoms with Crippen LogP contribution in [0, 0.1) is 11.7 Å². The Morgan fingerprint density at radius 2 is 1.59 bits per heavy atom. The number of rotatable bonds is 7. The summed E-state index contributed by atoms with van der Waals surface area (Å²) in [6.45, 7) is 2.96. The van der Waals surface area contributed by atoms with Gasteiger partial charge in [0.1, 0.15) is 11.4 Å². The number of nitrogens with one attached hydrogen (secondary N) is 1. The van der Waals surface area contributed by atoms with Crippen molar-refractivity contribution < 1.29 is 27.2 Å². The number of urea groups is 1. The molecular weight excluding hydrogens is 583 g/mol. The largest absolute Gasteiger partial charge is 0.338 e. The van der Waals surface area contributed by atoms with Crippen LogP contribution in [-0.2, 0) is 21.2 Å². The van der Waals surface area contributed by atoms with Crippen molar-refractivity contribution >= 4 is 27.7 Å². The highest BCUT2D eigenvalue weighted by atomic mass is 32.2. The zero-order chi connectivity index (χ0) is 31.1. The van der Waals surface area contributed by atoms with E-state index >= 15 is 0 Å². The van der Waals surface area contributed by atoms with Gasteiger partial charge in [-0.25, -0.2) is 17.6 Å². The van der Waals surface area contributed by atoms with Gasteiger partial charge in [0.2, 0.25) is 0 Å². The summed E-state index contributed by atoms with van der Waals surface area (Å²) in [5.74, 6) is -0.905. The minimum Gasteiger partial charge on any atom is -0.338 e. The molecule has 0 saturated carbocycles. The fourth-order valence-electron chi connectivity index (χ4n) is 6.74. The maximum atomic E-state index is 14.5. The molecule has 3 aliphatic rings. The molecular formula is C33H35FN4O5S. The third-order valence-electron chi connectivity index (χ3n) is 9.20. The fourth-order valence-corrected chi connectivity index (χ4v) is 7.37. The molecule has 6 rings (SSSR count). The van der Waals surface area contributed by atoms with Crippen LogP contribution in [0.2, 0.25) is 0 Å². The molecule has 3 aliphatic heterocycles. The van der Waals surface area contributed by atoms with Gasteiger partial charge in [-0.15, -0.1) is 0 Å². The van der Waals surface area contributed by atoms with Crippen LogP contribution >= 0.6 is 0 Å². The second kappa shape index (κ2) is 11.8. The first kappa shape index (κ1) is 30.0. The summed E-state index contributed by atoms with van der Waals surface area (Å²) < 4.78 is 38.0. The minimum absolute atomic E-state index is 0.0624. The van der Waals surface area contributed by atoms with Crippen LogP contribution in [0.4, 0.5) is 9.18 Å². The molecule has 4 amide bonds. The Morgan fingerprint density at radius 3 is 2.25 bits per heavy atom. The summed E-state index contributed by atoms with van der Waals surface area (Å²) in [6, 6.07) is 21.9. The molecule has 230 valence electrons. The highest BCUT2D eigenvalue weighted by Crippen LogP contribution is 2.36. The second-order valence-corrected chi connectivity index (χ2v) is 14.1. The molecule has 1 spiro atoms. The van der Waals surface area contributed by atoms with Gasteiger partial charge in [0.05, 0.1) is 17.0 Å². The predicted molar refractivity (Wildman–Crippen MR) is 162 cm³/mol. The van der Waals surface area contributed by atoms with Crippen LogP contribution < -0.4 is 5.32 Å². The Morgan fingerprint density at radius 1 is 0.932 bits per heavy atom. The quantitative estimate of drug-likeness (QED) is 0.405. The van der Waals surface area contributed by atoms with Crippen LogP contribution in [0.1, 0.15) is 40.2 Å². The van der Waals surface area contributed by atoms with Crippen molar-refractivity contribution in [2.45, 2.75) is 35.7 Å². The highest BCUT2D eigenvalue weighted by molar-refractivity contribution is 7.90. The number of halogens is 1. The lowest BCUT2D eigenvalue weighted by molar-refractivity contribution is -0.133. The summed E-state index contributed by atoms with van der Waals surface area (Å²) in [7, 11) is -3.34. The molecule has 9 nitrogen and oxygen atoms in total. The summed E-state index contributed by atoms with van der Waals surface area (Å²) in [6.07, 6.45) is 2.05.